The topological polar surface area (TPSA) is 75.0 Å². The van der Waals surface area contributed by atoms with Crippen LogP contribution in [0.4, 0.5) is 5.69 Å². The third-order valence-corrected chi connectivity index (χ3v) is 4.84. The third kappa shape index (κ3) is 6.18. The Labute approximate surface area is 195 Å². The number of aryl methyl sites for hydroxylation is 1. The number of halogens is 1. The van der Waals surface area contributed by atoms with E-state index in [0.717, 1.165) is 29.3 Å². The maximum atomic E-state index is 12.7. The van der Waals surface area contributed by atoms with Crippen LogP contribution in [-0.2, 0) is 29.7 Å². The average molecular weight is 526 g/mol. The van der Waals surface area contributed by atoms with Crippen molar-refractivity contribution in [1.29, 1.82) is 0 Å². The molecule has 0 atom stereocenters. The number of aliphatic imine (C=N–C) groups is 1. The van der Waals surface area contributed by atoms with E-state index in [2.05, 4.69) is 22.5 Å². The largest absolute Gasteiger partial charge is 0.377 e. The molecule has 0 bridgehead atoms. The third-order valence-electron chi connectivity index (χ3n) is 4.84. The van der Waals surface area contributed by atoms with E-state index in [4.69, 9.17) is 9.73 Å². The number of amides is 1. The Kier molecular flexibility index (Phi) is 9.57. The maximum absolute atomic E-state index is 12.7. The minimum Gasteiger partial charge on any atom is -0.377 e. The fraction of sp³-hybridized carbons (Fsp3) is 0.476. The van der Waals surface area contributed by atoms with E-state index < -0.39 is 0 Å². The van der Waals surface area contributed by atoms with Gasteiger partial charge in [-0.1, -0.05) is 24.3 Å². The Bertz CT molecular complexity index is 854. The molecular formula is C21H31IN6O2. The smallest absolute Gasteiger partial charge is 0.246 e. The first kappa shape index (κ1) is 24.1. The summed E-state index contributed by atoms with van der Waals surface area (Å²) < 4.78 is 7.28. The van der Waals surface area contributed by atoms with Gasteiger partial charge < -0.3 is 19.9 Å². The molecule has 0 radical (unpaired) electrons. The standard InChI is InChI=1S/C21H30N6O2.HI/c1-4-22-21(23-12-17-8-6-7-9-18(17)16-29-5-2)26-10-11-27(20(28)15-26)19-13-24-25(3)14-19;/h6-9,13-14H,4-5,10-12,15-16H2,1-3H3,(H,22,23);1H. The van der Waals surface area contributed by atoms with Gasteiger partial charge in [-0.3, -0.25) is 9.48 Å². The molecule has 1 aliphatic heterocycles. The molecule has 30 heavy (non-hydrogen) atoms. The van der Waals surface area contributed by atoms with Gasteiger partial charge in [-0.15, -0.1) is 24.0 Å². The molecule has 1 amide bonds. The number of piperazine rings is 1. The van der Waals surface area contributed by atoms with Crippen LogP contribution in [0.15, 0.2) is 41.7 Å². The molecule has 164 valence electrons. The summed E-state index contributed by atoms with van der Waals surface area (Å²) in [6, 6.07) is 8.18. The van der Waals surface area contributed by atoms with Crippen molar-refractivity contribution in [2.45, 2.75) is 27.0 Å². The molecule has 2 heterocycles. The van der Waals surface area contributed by atoms with Gasteiger partial charge >= 0.3 is 0 Å². The van der Waals surface area contributed by atoms with Gasteiger partial charge in [-0.2, -0.15) is 5.10 Å². The Morgan fingerprint density at radius 1 is 1.23 bits per heavy atom. The molecule has 1 saturated heterocycles. The molecule has 0 spiro atoms. The number of hydrogen-bond donors (Lipinski definition) is 1. The van der Waals surface area contributed by atoms with Crippen molar-refractivity contribution >= 4 is 41.5 Å². The highest BCUT2D eigenvalue weighted by Gasteiger charge is 2.27. The number of aromatic nitrogens is 2. The van der Waals surface area contributed by atoms with Gasteiger partial charge in [-0.05, 0) is 25.0 Å². The lowest BCUT2D eigenvalue weighted by Gasteiger charge is -2.35. The molecule has 3 rings (SSSR count). The van der Waals surface area contributed by atoms with Crippen molar-refractivity contribution in [2.24, 2.45) is 12.0 Å². The molecule has 1 aliphatic rings. The van der Waals surface area contributed by atoms with E-state index in [-0.39, 0.29) is 29.9 Å². The molecule has 9 heteroatoms. The average Bonchev–Trinajstić information content (AvgIpc) is 3.16. The van der Waals surface area contributed by atoms with Crippen molar-refractivity contribution in [3.05, 3.63) is 47.8 Å². The lowest BCUT2D eigenvalue weighted by atomic mass is 10.1. The number of nitrogens with one attached hydrogen (secondary N) is 1. The molecule has 0 saturated carbocycles. The number of carbonyl (C=O) groups is 1. The molecule has 0 unspecified atom stereocenters. The molecule has 8 nitrogen and oxygen atoms in total. The van der Waals surface area contributed by atoms with Crippen LogP contribution in [0.5, 0.6) is 0 Å². The van der Waals surface area contributed by atoms with Crippen LogP contribution in [-0.4, -0.2) is 59.3 Å². The molecule has 1 aromatic heterocycles. The van der Waals surface area contributed by atoms with Gasteiger partial charge in [-0.25, -0.2) is 4.99 Å². The van der Waals surface area contributed by atoms with Gasteiger partial charge in [0.2, 0.25) is 5.91 Å². The Morgan fingerprint density at radius 3 is 2.63 bits per heavy atom. The lowest BCUT2D eigenvalue weighted by molar-refractivity contribution is -0.120. The van der Waals surface area contributed by atoms with E-state index in [1.165, 1.54) is 0 Å². The van der Waals surface area contributed by atoms with Gasteiger partial charge in [0.15, 0.2) is 5.96 Å². The second kappa shape index (κ2) is 11.9. The molecule has 1 fully saturated rings. The van der Waals surface area contributed by atoms with Crippen molar-refractivity contribution in [3.8, 4) is 0 Å². The summed E-state index contributed by atoms with van der Waals surface area (Å²) in [5.74, 6) is 0.810. The zero-order valence-electron chi connectivity index (χ0n) is 17.9. The predicted molar refractivity (Wildman–Crippen MR) is 129 cm³/mol. The quantitative estimate of drug-likeness (QED) is 0.341. The number of carbonyl (C=O) groups excluding carboxylic acids is 1. The number of benzene rings is 1. The van der Waals surface area contributed by atoms with E-state index in [9.17, 15) is 4.79 Å². The Morgan fingerprint density at radius 2 is 2.00 bits per heavy atom. The second-order valence-corrected chi connectivity index (χ2v) is 6.92. The van der Waals surface area contributed by atoms with Gasteiger partial charge in [0, 0.05) is 39.5 Å². The Hall–Kier alpha value is -2.14. The summed E-state index contributed by atoms with van der Waals surface area (Å²) in [7, 11) is 1.85. The van der Waals surface area contributed by atoms with Crippen LogP contribution in [0.3, 0.4) is 0 Å². The second-order valence-electron chi connectivity index (χ2n) is 6.92. The fourth-order valence-electron chi connectivity index (χ4n) is 3.33. The van der Waals surface area contributed by atoms with Crippen LogP contribution < -0.4 is 10.2 Å². The minimum atomic E-state index is 0. The maximum Gasteiger partial charge on any atom is 0.246 e. The number of nitrogens with zero attached hydrogens (tertiary/aromatic N) is 5. The summed E-state index contributed by atoms with van der Waals surface area (Å²) in [5.41, 5.74) is 3.12. The fourth-order valence-corrected chi connectivity index (χ4v) is 3.33. The van der Waals surface area contributed by atoms with Gasteiger partial charge in [0.05, 0.1) is 25.0 Å². The highest BCUT2D eigenvalue weighted by Crippen LogP contribution is 2.17. The minimum absolute atomic E-state index is 0. The lowest BCUT2D eigenvalue weighted by Crippen LogP contribution is -2.55. The predicted octanol–water partition coefficient (Wildman–Crippen LogP) is 2.39. The first-order valence-corrected chi connectivity index (χ1v) is 10.1. The number of ether oxygens (including phenoxy) is 1. The number of anilines is 1. The summed E-state index contributed by atoms with van der Waals surface area (Å²) >= 11 is 0. The zero-order valence-corrected chi connectivity index (χ0v) is 20.2. The SMILES string of the molecule is CCNC(=NCc1ccccc1COCC)N1CCN(c2cnn(C)c2)C(=O)C1.I. The van der Waals surface area contributed by atoms with Crippen LogP contribution >= 0.6 is 24.0 Å². The van der Waals surface area contributed by atoms with Crippen LogP contribution in [0.2, 0.25) is 0 Å². The van der Waals surface area contributed by atoms with E-state index in [1.807, 2.05) is 44.1 Å². The van der Waals surface area contributed by atoms with Gasteiger partial charge in [0.1, 0.15) is 6.54 Å². The summed E-state index contributed by atoms with van der Waals surface area (Å²) in [6.07, 6.45) is 3.59. The van der Waals surface area contributed by atoms with E-state index in [0.29, 0.717) is 39.4 Å². The number of guanidine groups is 1. The molecule has 0 aliphatic carbocycles. The molecule has 1 N–H and O–H groups in total. The van der Waals surface area contributed by atoms with Crippen LogP contribution in [0.25, 0.3) is 0 Å². The molecule has 2 aromatic rings. The zero-order chi connectivity index (χ0) is 20.6. The van der Waals surface area contributed by atoms with Crippen LogP contribution in [0.1, 0.15) is 25.0 Å². The van der Waals surface area contributed by atoms with Gasteiger partial charge in [0.25, 0.3) is 0 Å². The van der Waals surface area contributed by atoms with Crippen molar-refractivity contribution in [2.75, 3.05) is 37.7 Å². The summed E-state index contributed by atoms with van der Waals surface area (Å²) in [6.45, 7) is 8.20. The highest BCUT2D eigenvalue weighted by molar-refractivity contribution is 14.0. The van der Waals surface area contributed by atoms with Crippen LogP contribution in [0, 0.1) is 0 Å². The Balaban J connectivity index is 0.00000320. The van der Waals surface area contributed by atoms with E-state index in [1.54, 1.807) is 15.8 Å². The number of hydrogen-bond acceptors (Lipinski definition) is 4. The monoisotopic (exact) mass is 526 g/mol. The van der Waals surface area contributed by atoms with Crippen molar-refractivity contribution in [3.63, 3.8) is 0 Å². The van der Waals surface area contributed by atoms with Crippen molar-refractivity contribution < 1.29 is 9.53 Å². The highest BCUT2D eigenvalue weighted by atomic mass is 127. The van der Waals surface area contributed by atoms with Crippen molar-refractivity contribution in [1.82, 2.24) is 20.0 Å². The summed E-state index contributed by atoms with van der Waals surface area (Å²) in [4.78, 5) is 21.3. The first-order valence-electron chi connectivity index (χ1n) is 10.1. The van der Waals surface area contributed by atoms with E-state index >= 15 is 0 Å². The summed E-state index contributed by atoms with van der Waals surface area (Å²) in [5, 5.41) is 7.49. The normalized spacial score (nSPS) is 14.6. The first-order chi connectivity index (χ1) is 14.1. The molecule has 1 aromatic carbocycles. The number of rotatable bonds is 7. The molecular weight excluding hydrogens is 495 g/mol.